The Morgan fingerprint density at radius 1 is 0.633 bits per heavy atom. The molecular weight excluding hydrogens is 368 g/mol. The molecule has 0 amide bonds. The van der Waals surface area contributed by atoms with E-state index in [0.717, 1.165) is 60.8 Å². The van der Waals surface area contributed by atoms with Crippen LogP contribution in [0.15, 0.2) is 60.7 Å². The van der Waals surface area contributed by atoms with Crippen molar-refractivity contribution in [2.45, 2.75) is 26.7 Å². The standard InChI is InChI=1S/C28H20O2/c1-14(2)16-8-10-18-23(12-16)28(30)24-13-21-17-9-7-15(3)11-22(17)27(29)20-6-4-5-19(25(18)24)26(20)21/h4-14H,1-3H3. The summed E-state index contributed by atoms with van der Waals surface area (Å²) in [6.45, 7) is 6.28. The zero-order valence-corrected chi connectivity index (χ0v) is 17.2. The van der Waals surface area contributed by atoms with Crippen molar-refractivity contribution in [2.75, 3.05) is 0 Å². The van der Waals surface area contributed by atoms with E-state index in [0.29, 0.717) is 5.92 Å². The molecule has 2 heteroatoms. The van der Waals surface area contributed by atoms with Gasteiger partial charge in [0, 0.05) is 33.2 Å². The summed E-state index contributed by atoms with van der Waals surface area (Å²) in [5, 5.41) is 1.95. The van der Waals surface area contributed by atoms with E-state index in [2.05, 4.69) is 26.0 Å². The number of hydrogen-bond acceptors (Lipinski definition) is 2. The third kappa shape index (κ3) is 2.08. The molecule has 0 saturated heterocycles. The van der Waals surface area contributed by atoms with Crippen LogP contribution in [0.1, 0.15) is 62.7 Å². The lowest BCUT2D eigenvalue weighted by atomic mass is 9.80. The van der Waals surface area contributed by atoms with E-state index >= 15 is 0 Å². The van der Waals surface area contributed by atoms with Gasteiger partial charge in [-0.1, -0.05) is 61.9 Å². The van der Waals surface area contributed by atoms with Gasteiger partial charge in [-0.2, -0.15) is 0 Å². The smallest absolute Gasteiger partial charge is 0.194 e. The van der Waals surface area contributed by atoms with Gasteiger partial charge in [0.05, 0.1) is 0 Å². The summed E-state index contributed by atoms with van der Waals surface area (Å²) in [5.41, 5.74) is 9.04. The van der Waals surface area contributed by atoms with Crippen molar-refractivity contribution in [3.8, 4) is 22.3 Å². The second-order valence-electron chi connectivity index (χ2n) is 8.74. The molecule has 0 unspecified atom stereocenters. The van der Waals surface area contributed by atoms with Gasteiger partial charge in [0.25, 0.3) is 0 Å². The van der Waals surface area contributed by atoms with Crippen LogP contribution in [0.4, 0.5) is 0 Å². The van der Waals surface area contributed by atoms with E-state index in [4.69, 9.17) is 0 Å². The zero-order chi connectivity index (χ0) is 20.7. The Balaban J connectivity index is 1.74. The van der Waals surface area contributed by atoms with E-state index in [1.807, 2.05) is 55.5 Å². The molecule has 4 aromatic rings. The molecule has 30 heavy (non-hydrogen) atoms. The molecule has 0 heterocycles. The van der Waals surface area contributed by atoms with Crippen LogP contribution in [0.5, 0.6) is 0 Å². The van der Waals surface area contributed by atoms with Crippen molar-refractivity contribution in [1.29, 1.82) is 0 Å². The van der Waals surface area contributed by atoms with Crippen molar-refractivity contribution >= 4 is 22.3 Å². The maximum absolute atomic E-state index is 13.4. The normalized spacial score (nSPS) is 13.6. The van der Waals surface area contributed by atoms with Crippen molar-refractivity contribution in [2.24, 2.45) is 0 Å². The first kappa shape index (κ1) is 17.3. The van der Waals surface area contributed by atoms with Gasteiger partial charge < -0.3 is 0 Å². The van der Waals surface area contributed by atoms with E-state index in [-0.39, 0.29) is 11.6 Å². The summed E-state index contributed by atoms with van der Waals surface area (Å²) in [6, 6.07) is 20.1. The van der Waals surface area contributed by atoms with E-state index in [9.17, 15) is 9.59 Å². The fraction of sp³-hybridized carbons (Fsp3) is 0.143. The number of hydrogen-bond donors (Lipinski definition) is 0. The van der Waals surface area contributed by atoms with Crippen LogP contribution in [-0.4, -0.2) is 11.6 Å². The van der Waals surface area contributed by atoms with Gasteiger partial charge in [-0.15, -0.1) is 0 Å². The van der Waals surface area contributed by atoms with Crippen molar-refractivity contribution in [3.05, 3.63) is 94.0 Å². The van der Waals surface area contributed by atoms with E-state index in [1.165, 1.54) is 5.56 Å². The Morgan fingerprint density at radius 3 is 2.17 bits per heavy atom. The SMILES string of the molecule is Cc1ccc2c(c1)C(=O)c1cccc3c4c(cc-2c13)C(=O)c1cc(C(C)C)ccc1-4. The molecule has 0 atom stereocenters. The Labute approximate surface area is 175 Å². The second-order valence-corrected chi connectivity index (χ2v) is 8.74. The van der Waals surface area contributed by atoms with Crippen molar-refractivity contribution in [3.63, 3.8) is 0 Å². The summed E-state index contributed by atoms with van der Waals surface area (Å²) >= 11 is 0. The third-order valence-electron chi connectivity index (χ3n) is 6.58. The second kappa shape index (κ2) is 5.76. The van der Waals surface area contributed by atoms with Crippen LogP contribution in [0, 0.1) is 6.92 Å². The largest absolute Gasteiger partial charge is 0.289 e. The molecule has 2 aliphatic rings. The minimum Gasteiger partial charge on any atom is -0.289 e. The number of benzene rings is 4. The third-order valence-corrected chi connectivity index (χ3v) is 6.58. The maximum Gasteiger partial charge on any atom is 0.194 e. The molecule has 0 fully saturated rings. The number of ketones is 2. The first-order valence-electron chi connectivity index (χ1n) is 10.4. The van der Waals surface area contributed by atoms with Crippen molar-refractivity contribution < 1.29 is 9.59 Å². The van der Waals surface area contributed by atoms with Crippen LogP contribution in [0.2, 0.25) is 0 Å². The number of rotatable bonds is 1. The molecule has 2 aliphatic carbocycles. The zero-order valence-electron chi connectivity index (χ0n) is 17.2. The van der Waals surface area contributed by atoms with Crippen molar-refractivity contribution in [1.82, 2.24) is 0 Å². The summed E-state index contributed by atoms with van der Waals surface area (Å²) in [5.74, 6) is 0.503. The highest BCUT2D eigenvalue weighted by Crippen LogP contribution is 2.48. The number of carbonyl (C=O) groups excluding carboxylic acids is 2. The highest BCUT2D eigenvalue weighted by atomic mass is 16.1. The maximum atomic E-state index is 13.4. The van der Waals surface area contributed by atoms with Crippen LogP contribution < -0.4 is 0 Å². The predicted molar refractivity (Wildman–Crippen MR) is 121 cm³/mol. The summed E-state index contributed by atoms with van der Waals surface area (Å²) in [7, 11) is 0. The average Bonchev–Trinajstić information content (AvgIpc) is 3.03. The van der Waals surface area contributed by atoms with E-state index in [1.54, 1.807) is 0 Å². The minimum absolute atomic E-state index is 0.0615. The van der Waals surface area contributed by atoms with E-state index < -0.39 is 0 Å². The number of aryl methyl sites for hydroxylation is 1. The quantitative estimate of drug-likeness (QED) is 0.314. The first-order valence-corrected chi connectivity index (χ1v) is 10.4. The lowest BCUT2D eigenvalue weighted by Crippen LogP contribution is -2.11. The Morgan fingerprint density at radius 2 is 1.37 bits per heavy atom. The molecule has 6 rings (SSSR count). The van der Waals surface area contributed by atoms with Crippen LogP contribution in [0.3, 0.4) is 0 Å². The molecule has 4 aromatic carbocycles. The highest BCUT2D eigenvalue weighted by Gasteiger charge is 2.33. The highest BCUT2D eigenvalue weighted by molar-refractivity contribution is 6.32. The number of fused-ring (bicyclic) bond motifs is 6. The predicted octanol–water partition coefficient (Wildman–Crippen LogP) is 6.69. The molecular formula is C28H20O2. The molecule has 0 bridgehead atoms. The molecule has 0 radical (unpaired) electrons. The summed E-state index contributed by atoms with van der Waals surface area (Å²) in [6.07, 6.45) is 0. The van der Waals surface area contributed by atoms with Gasteiger partial charge in [-0.3, -0.25) is 9.59 Å². The van der Waals surface area contributed by atoms with Gasteiger partial charge in [0.1, 0.15) is 0 Å². The van der Waals surface area contributed by atoms with Crippen LogP contribution in [-0.2, 0) is 0 Å². The Hall–Kier alpha value is -3.52. The minimum atomic E-state index is 0.0615. The molecule has 2 nitrogen and oxygen atoms in total. The van der Waals surface area contributed by atoms with Gasteiger partial charge in [-0.05, 0) is 58.7 Å². The summed E-state index contributed by atoms with van der Waals surface area (Å²) in [4.78, 5) is 26.8. The summed E-state index contributed by atoms with van der Waals surface area (Å²) < 4.78 is 0. The first-order chi connectivity index (χ1) is 14.5. The van der Waals surface area contributed by atoms with Gasteiger partial charge >= 0.3 is 0 Å². The molecule has 0 saturated carbocycles. The lowest BCUT2D eigenvalue weighted by Gasteiger charge is -2.22. The number of carbonyl (C=O) groups is 2. The topological polar surface area (TPSA) is 34.1 Å². The fourth-order valence-electron chi connectivity index (χ4n) is 5.05. The molecule has 0 spiro atoms. The molecule has 144 valence electrons. The molecule has 0 N–H and O–H groups in total. The monoisotopic (exact) mass is 388 g/mol. The molecule has 0 aliphatic heterocycles. The molecule has 0 aromatic heterocycles. The Kier molecular flexibility index (Phi) is 3.33. The fourth-order valence-corrected chi connectivity index (χ4v) is 5.05. The van der Waals surface area contributed by atoms with Gasteiger partial charge in [0.2, 0.25) is 0 Å². The van der Waals surface area contributed by atoms with Gasteiger partial charge in [-0.25, -0.2) is 0 Å². The van der Waals surface area contributed by atoms with Crippen LogP contribution in [0.25, 0.3) is 33.0 Å². The average molecular weight is 388 g/mol. The Bertz CT molecular complexity index is 1450. The lowest BCUT2D eigenvalue weighted by molar-refractivity contribution is 0.103. The van der Waals surface area contributed by atoms with Crippen LogP contribution >= 0.6 is 0 Å². The van der Waals surface area contributed by atoms with Gasteiger partial charge in [0.15, 0.2) is 11.6 Å².